The molecule has 0 amide bonds. The predicted molar refractivity (Wildman–Crippen MR) is 98.4 cm³/mol. The average Bonchev–Trinajstić information content (AvgIpc) is 3.35. The zero-order chi connectivity index (χ0) is 20.1. The van der Waals surface area contributed by atoms with Crippen LogP contribution < -0.4 is 11.3 Å². The highest BCUT2D eigenvalue weighted by atomic mass is 32.7. The molecule has 6 N–H and O–H groups in total. The summed E-state index contributed by atoms with van der Waals surface area (Å²) in [5, 5.41) is 20.7. The number of hydrogen-bond donors (Lipinski definition) is 5. The number of rotatable bonds is 5. The molecular weight excluding hydrogens is 413 g/mol. The number of nitrogens with zero attached hydrogens (tertiary/aromatic N) is 5. The van der Waals surface area contributed by atoms with Crippen LogP contribution in [0.25, 0.3) is 11.2 Å². The van der Waals surface area contributed by atoms with Gasteiger partial charge in [-0.05, 0) is 11.4 Å². The van der Waals surface area contributed by atoms with E-state index >= 15 is 0 Å². The van der Waals surface area contributed by atoms with E-state index in [-0.39, 0.29) is 22.9 Å². The van der Waals surface area contributed by atoms with Gasteiger partial charge in [0.15, 0.2) is 17.4 Å². The number of anilines is 1. The standard InChI is InChI=1S/C13H16N7O6PS/c14-13-17-10-7(11(23)18-13)16-5-20(10)12-9(22)8(21)6(26-12)3-28-27(24,25)19-2-1-15-4-19/h1-2,4-6,8-9,12,21-22H,3H2,(H,24,25)(H3,14,17,18,23). The maximum absolute atomic E-state index is 12.3. The number of hydrogen-bond acceptors (Lipinski definition) is 10. The molecule has 0 bridgehead atoms. The number of ether oxygens (including phenoxy) is 1. The van der Waals surface area contributed by atoms with Gasteiger partial charge in [0.05, 0.1) is 12.4 Å². The Hall–Kier alpha value is -2.22. The van der Waals surface area contributed by atoms with Crippen LogP contribution in [0.15, 0.2) is 29.8 Å². The van der Waals surface area contributed by atoms with Crippen molar-refractivity contribution in [3.63, 3.8) is 0 Å². The van der Waals surface area contributed by atoms with E-state index in [0.717, 1.165) is 4.34 Å². The minimum Gasteiger partial charge on any atom is -0.387 e. The first-order valence-corrected chi connectivity index (χ1v) is 11.2. The summed E-state index contributed by atoms with van der Waals surface area (Å²) in [6, 6.07) is 0. The van der Waals surface area contributed by atoms with Crippen LogP contribution in [0.2, 0.25) is 0 Å². The second kappa shape index (κ2) is 6.99. The zero-order valence-electron chi connectivity index (χ0n) is 14.1. The molecule has 150 valence electrons. The second-order valence-electron chi connectivity index (χ2n) is 6.05. The molecule has 5 unspecified atom stereocenters. The number of aromatic amines is 1. The molecule has 0 radical (unpaired) electrons. The smallest absolute Gasteiger partial charge is 0.355 e. The van der Waals surface area contributed by atoms with Gasteiger partial charge in [0.2, 0.25) is 5.95 Å². The van der Waals surface area contributed by atoms with Crippen LogP contribution in [0.5, 0.6) is 0 Å². The van der Waals surface area contributed by atoms with E-state index < -0.39 is 36.8 Å². The maximum Gasteiger partial charge on any atom is 0.355 e. The first-order chi connectivity index (χ1) is 13.3. The first kappa shape index (κ1) is 19.1. The Morgan fingerprint density at radius 3 is 2.86 bits per heavy atom. The van der Waals surface area contributed by atoms with Gasteiger partial charge in [0.1, 0.15) is 18.5 Å². The number of nitrogens with two attached hydrogens (primary N) is 1. The van der Waals surface area contributed by atoms with Gasteiger partial charge >= 0.3 is 6.72 Å². The summed E-state index contributed by atoms with van der Waals surface area (Å²) in [7, 11) is 0. The van der Waals surface area contributed by atoms with Gasteiger partial charge in [0.25, 0.3) is 5.56 Å². The first-order valence-electron chi connectivity index (χ1n) is 7.98. The Morgan fingerprint density at radius 1 is 1.36 bits per heavy atom. The Morgan fingerprint density at radius 2 is 2.14 bits per heavy atom. The van der Waals surface area contributed by atoms with Crippen molar-refractivity contribution in [3.8, 4) is 0 Å². The van der Waals surface area contributed by atoms with Crippen molar-refractivity contribution in [2.24, 2.45) is 0 Å². The van der Waals surface area contributed by atoms with E-state index in [0.29, 0.717) is 11.4 Å². The van der Waals surface area contributed by atoms with Crippen molar-refractivity contribution in [3.05, 3.63) is 35.4 Å². The van der Waals surface area contributed by atoms with Gasteiger partial charge in [-0.2, -0.15) is 4.98 Å². The third-order valence-electron chi connectivity index (χ3n) is 4.25. The largest absolute Gasteiger partial charge is 0.387 e. The fourth-order valence-electron chi connectivity index (χ4n) is 2.86. The molecule has 28 heavy (non-hydrogen) atoms. The minimum absolute atomic E-state index is 0.00252. The molecular formula is C13H16N7O6PS. The number of imidazole rings is 2. The van der Waals surface area contributed by atoms with Crippen LogP contribution in [-0.2, 0) is 9.30 Å². The van der Waals surface area contributed by atoms with Crippen LogP contribution >= 0.6 is 18.1 Å². The number of H-pyrrole nitrogens is 1. The lowest BCUT2D eigenvalue weighted by Gasteiger charge is -2.17. The number of nitrogens with one attached hydrogen (secondary N) is 1. The molecule has 3 aromatic heterocycles. The highest BCUT2D eigenvalue weighted by Crippen LogP contribution is 2.56. The van der Waals surface area contributed by atoms with Crippen LogP contribution in [0.1, 0.15) is 6.23 Å². The Kier molecular flexibility index (Phi) is 4.77. The van der Waals surface area contributed by atoms with Crippen molar-refractivity contribution in [2.75, 3.05) is 11.5 Å². The SMILES string of the molecule is Nc1nc2c(ncn2C2OC(CSP(=O)(O)n3ccnc3)C(O)C2O)c(=O)[nH]1. The van der Waals surface area contributed by atoms with Crippen molar-refractivity contribution in [1.82, 2.24) is 28.8 Å². The van der Waals surface area contributed by atoms with Gasteiger partial charge in [0, 0.05) is 18.1 Å². The lowest BCUT2D eigenvalue weighted by atomic mass is 10.1. The van der Waals surface area contributed by atoms with Gasteiger partial charge in [-0.15, -0.1) is 0 Å². The average molecular weight is 429 g/mol. The number of aliphatic hydroxyl groups excluding tert-OH is 2. The van der Waals surface area contributed by atoms with E-state index in [2.05, 4.69) is 19.9 Å². The zero-order valence-corrected chi connectivity index (χ0v) is 15.8. The molecule has 3 aromatic rings. The fourth-order valence-corrected chi connectivity index (χ4v) is 5.75. The number of aliphatic hydroxyl groups is 2. The Balaban J connectivity index is 1.55. The van der Waals surface area contributed by atoms with E-state index in [9.17, 15) is 24.5 Å². The van der Waals surface area contributed by atoms with Gasteiger partial charge in [-0.3, -0.25) is 23.2 Å². The maximum atomic E-state index is 12.3. The molecule has 1 aliphatic rings. The second-order valence-corrected chi connectivity index (χ2v) is 10.3. The highest BCUT2D eigenvalue weighted by Gasteiger charge is 2.45. The van der Waals surface area contributed by atoms with E-state index in [4.69, 9.17) is 10.5 Å². The topological polar surface area (TPSA) is 194 Å². The molecule has 4 rings (SSSR count). The molecule has 1 fully saturated rings. The summed E-state index contributed by atoms with van der Waals surface area (Å²) in [6.07, 6.45) is 0.398. The van der Waals surface area contributed by atoms with Crippen molar-refractivity contribution >= 4 is 35.2 Å². The molecule has 0 aliphatic carbocycles. The molecule has 1 saturated heterocycles. The quantitative estimate of drug-likeness (QED) is 0.309. The van der Waals surface area contributed by atoms with Crippen molar-refractivity contribution in [1.29, 1.82) is 0 Å². The lowest BCUT2D eigenvalue weighted by Crippen LogP contribution is -2.32. The summed E-state index contributed by atoms with van der Waals surface area (Å²) >= 11 is 0.670. The molecule has 1 aliphatic heterocycles. The summed E-state index contributed by atoms with van der Waals surface area (Å²) in [6.45, 7) is -3.82. The normalized spacial score (nSPS) is 27.2. The van der Waals surface area contributed by atoms with Crippen molar-refractivity contribution in [2.45, 2.75) is 24.5 Å². The molecule has 0 saturated carbocycles. The molecule has 0 aromatic carbocycles. The minimum atomic E-state index is -3.82. The third kappa shape index (κ3) is 3.23. The Labute approximate surface area is 160 Å². The molecule has 4 heterocycles. The van der Waals surface area contributed by atoms with Crippen LogP contribution in [-0.4, -0.2) is 68.0 Å². The molecule has 15 heteroatoms. The fraction of sp³-hybridized carbons (Fsp3) is 0.385. The highest BCUT2D eigenvalue weighted by molar-refractivity contribution is 8.55. The van der Waals surface area contributed by atoms with E-state index in [1.54, 1.807) is 0 Å². The molecule has 0 spiro atoms. The monoisotopic (exact) mass is 429 g/mol. The van der Waals surface area contributed by atoms with Crippen LogP contribution in [0.3, 0.4) is 0 Å². The van der Waals surface area contributed by atoms with Gasteiger partial charge < -0.3 is 25.6 Å². The number of aromatic nitrogens is 6. The predicted octanol–water partition coefficient (Wildman–Crippen LogP) is -1.10. The summed E-state index contributed by atoms with van der Waals surface area (Å²) in [5.41, 5.74) is 5.08. The Bertz CT molecular complexity index is 1100. The number of fused-ring (bicyclic) bond motifs is 1. The summed E-state index contributed by atoms with van der Waals surface area (Å²) in [4.78, 5) is 36.0. The molecule has 13 nitrogen and oxygen atoms in total. The van der Waals surface area contributed by atoms with E-state index in [1.165, 1.54) is 29.6 Å². The van der Waals surface area contributed by atoms with E-state index in [1.807, 2.05) is 0 Å². The van der Waals surface area contributed by atoms with Crippen LogP contribution in [0, 0.1) is 0 Å². The molecule has 5 atom stereocenters. The van der Waals surface area contributed by atoms with Gasteiger partial charge in [-0.25, -0.2) is 9.97 Å². The van der Waals surface area contributed by atoms with Crippen LogP contribution in [0.4, 0.5) is 5.95 Å². The summed E-state index contributed by atoms with van der Waals surface area (Å²) < 4.78 is 20.4. The number of nitrogen functional groups attached to an aromatic ring is 1. The van der Waals surface area contributed by atoms with Gasteiger partial charge in [-0.1, -0.05) is 0 Å². The summed E-state index contributed by atoms with van der Waals surface area (Å²) in [5.74, 6) is -0.218. The third-order valence-corrected chi connectivity index (χ3v) is 7.91. The van der Waals surface area contributed by atoms with Crippen molar-refractivity contribution < 1.29 is 24.4 Å². The lowest BCUT2D eigenvalue weighted by molar-refractivity contribution is -0.0288.